The Morgan fingerprint density at radius 2 is 0.770 bits per heavy atom. The third-order valence-electron chi connectivity index (χ3n) is 12.8. The number of hydrogen-bond donors (Lipinski definition) is 3. The van der Waals surface area contributed by atoms with E-state index in [0.717, 1.165) is 70.6 Å². The number of esters is 1. The fraction of sp³-hybridized carbons (Fsp3) is 0.927. The molecule has 0 aliphatic carbocycles. The highest BCUT2D eigenvalue weighted by molar-refractivity contribution is 5.76. The van der Waals surface area contributed by atoms with E-state index >= 15 is 0 Å². The zero-order valence-corrected chi connectivity index (χ0v) is 41.2. The molecule has 0 radical (unpaired) electrons. The second kappa shape index (κ2) is 51.2. The maximum atomic E-state index is 12.5. The molecule has 6 heteroatoms. The van der Waals surface area contributed by atoms with Gasteiger partial charge in [0.2, 0.25) is 5.91 Å². The molecule has 0 spiro atoms. The molecule has 2 atom stereocenters. The molecule has 1 amide bonds. The van der Waals surface area contributed by atoms with Crippen molar-refractivity contribution in [1.29, 1.82) is 0 Å². The molecule has 2 unspecified atom stereocenters. The lowest BCUT2D eigenvalue weighted by Gasteiger charge is -2.22. The predicted octanol–water partition coefficient (Wildman–Crippen LogP) is 16.5. The highest BCUT2D eigenvalue weighted by atomic mass is 16.5. The Morgan fingerprint density at radius 3 is 1.18 bits per heavy atom. The van der Waals surface area contributed by atoms with E-state index in [2.05, 4.69) is 31.3 Å². The van der Waals surface area contributed by atoms with Gasteiger partial charge in [-0.25, -0.2) is 0 Å². The molecule has 0 bridgehead atoms. The fourth-order valence-corrected chi connectivity index (χ4v) is 8.58. The van der Waals surface area contributed by atoms with Crippen LogP contribution in [0.15, 0.2) is 12.2 Å². The van der Waals surface area contributed by atoms with Crippen molar-refractivity contribution in [1.82, 2.24) is 5.32 Å². The highest BCUT2D eigenvalue weighted by Crippen LogP contribution is 2.17. The molecular weight excluding hydrogens is 755 g/mol. The number of carbonyl (C=O) groups excluding carboxylic acids is 2. The molecule has 0 heterocycles. The topological polar surface area (TPSA) is 95.9 Å². The van der Waals surface area contributed by atoms with Crippen molar-refractivity contribution in [3.8, 4) is 0 Å². The molecule has 0 rings (SSSR count). The number of aliphatic hydroxyl groups is 2. The summed E-state index contributed by atoms with van der Waals surface area (Å²) in [6.07, 6.45) is 59.0. The predicted molar refractivity (Wildman–Crippen MR) is 264 cm³/mol. The molecule has 0 fully saturated rings. The van der Waals surface area contributed by atoms with Crippen molar-refractivity contribution < 1.29 is 24.5 Å². The lowest BCUT2D eigenvalue weighted by molar-refractivity contribution is -0.143. The van der Waals surface area contributed by atoms with Crippen LogP contribution in [0.1, 0.15) is 303 Å². The van der Waals surface area contributed by atoms with E-state index in [-0.39, 0.29) is 18.5 Å². The molecule has 0 aliphatic rings. The zero-order valence-electron chi connectivity index (χ0n) is 41.2. The van der Waals surface area contributed by atoms with Gasteiger partial charge < -0.3 is 20.3 Å². The van der Waals surface area contributed by atoms with Crippen LogP contribution in [-0.4, -0.2) is 47.4 Å². The Bertz CT molecular complexity index is 909. The first-order valence-electron chi connectivity index (χ1n) is 27.4. The van der Waals surface area contributed by atoms with Crippen LogP contribution >= 0.6 is 0 Å². The van der Waals surface area contributed by atoms with Crippen LogP contribution in [0.3, 0.4) is 0 Å². The molecule has 61 heavy (non-hydrogen) atoms. The van der Waals surface area contributed by atoms with E-state index in [1.54, 1.807) is 0 Å². The van der Waals surface area contributed by atoms with Gasteiger partial charge in [-0.1, -0.05) is 251 Å². The van der Waals surface area contributed by atoms with E-state index in [0.29, 0.717) is 25.9 Å². The number of unbranched alkanes of at least 4 members (excludes halogenated alkanes) is 38. The summed E-state index contributed by atoms with van der Waals surface area (Å²) in [4.78, 5) is 24.5. The van der Waals surface area contributed by atoms with Gasteiger partial charge in [0.05, 0.1) is 25.4 Å². The number of ether oxygens (including phenoxy) is 1. The summed E-state index contributed by atoms with van der Waals surface area (Å²) in [7, 11) is 0. The number of allylic oxidation sites excluding steroid dienone is 2. The number of hydrogen-bond acceptors (Lipinski definition) is 5. The van der Waals surface area contributed by atoms with Crippen LogP contribution in [0, 0.1) is 0 Å². The van der Waals surface area contributed by atoms with E-state index in [9.17, 15) is 19.8 Å². The average molecular weight is 862 g/mol. The van der Waals surface area contributed by atoms with Gasteiger partial charge in [-0.2, -0.15) is 0 Å². The zero-order chi connectivity index (χ0) is 44.4. The maximum absolute atomic E-state index is 12.5. The normalized spacial score (nSPS) is 12.7. The van der Waals surface area contributed by atoms with Crippen molar-refractivity contribution in [3.63, 3.8) is 0 Å². The molecule has 0 aliphatic heterocycles. The van der Waals surface area contributed by atoms with Gasteiger partial charge in [0.1, 0.15) is 0 Å². The van der Waals surface area contributed by atoms with Gasteiger partial charge in [-0.15, -0.1) is 0 Å². The van der Waals surface area contributed by atoms with E-state index in [1.165, 1.54) is 199 Å². The van der Waals surface area contributed by atoms with Gasteiger partial charge >= 0.3 is 5.97 Å². The Hall–Kier alpha value is -1.40. The van der Waals surface area contributed by atoms with Crippen LogP contribution in [0.4, 0.5) is 0 Å². The van der Waals surface area contributed by atoms with Crippen molar-refractivity contribution in [2.24, 2.45) is 0 Å². The van der Waals surface area contributed by atoms with Gasteiger partial charge in [0.15, 0.2) is 0 Å². The van der Waals surface area contributed by atoms with Crippen LogP contribution in [0.25, 0.3) is 0 Å². The highest BCUT2D eigenvalue weighted by Gasteiger charge is 2.20. The molecule has 3 N–H and O–H groups in total. The minimum atomic E-state index is -0.680. The molecule has 0 aromatic carbocycles. The Kier molecular flexibility index (Phi) is 50.1. The number of amides is 1. The van der Waals surface area contributed by atoms with Crippen LogP contribution in [0.5, 0.6) is 0 Å². The standard InChI is InChI=1S/C55H107NO5/c1-3-5-7-9-11-13-15-17-19-20-21-23-27-31-35-39-43-47-53(58)52(51-57)56-54(59)48-44-40-36-32-28-24-22-26-30-34-38-42-46-50-61-55(60)49-45-41-37-33-29-25-18-16-14-12-10-8-6-4-2/h24,28,52-53,57-58H,3-23,25-27,29-51H2,1-2H3,(H,56,59)/b28-24-. The largest absolute Gasteiger partial charge is 0.466 e. The van der Waals surface area contributed by atoms with Crippen molar-refractivity contribution >= 4 is 11.9 Å². The molecule has 6 nitrogen and oxygen atoms in total. The minimum Gasteiger partial charge on any atom is -0.466 e. The maximum Gasteiger partial charge on any atom is 0.305 e. The van der Waals surface area contributed by atoms with Crippen molar-refractivity contribution in [2.75, 3.05) is 13.2 Å². The SMILES string of the molecule is CCCCCCCCCCCCCCCCCCCC(O)C(CO)NC(=O)CCCCC/C=C\CCCCCCCCOC(=O)CCCCCCCCCCCCCCCC. The fourth-order valence-electron chi connectivity index (χ4n) is 8.58. The van der Waals surface area contributed by atoms with E-state index in [4.69, 9.17) is 4.74 Å². The number of nitrogens with one attached hydrogen (secondary N) is 1. The lowest BCUT2D eigenvalue weighted by Crippen LogP contribution is -2.45. The number of aliphatic hydroxyl groups excluding tert-OH is 2. The first-order valence-corrected chi connectivity index (χ1v) is 27.4. The minimum absolute atomic E-state index is 0.00976. The van der Waals surface area contributed by atoms with Gasteiger partial charge in [0, 0.05) is 12.8 Å². The Balaban J connectivity index is 3.48. The summed E-state index contributed by atoms with van der Waals surface area (Å²) < 4.78 is 5.46. The average Bonchev–Trinajstić information content (AvgIpc) is 3.26. The van der Waals surface area contributed by atoms with Crippen molar-refractivity contribution in [2.45, 2.75) is 315 Å². The summed E-state index contributed by atoms with van der Waals surface area (Å²) in [6.45, 7) is 4.93. The molecule has 0 saturated heterocycles. The molecular formula is C55H107NO5. The van der Waals surface area contributed by atoms with Gasteiger partial charge in [0.25, 0.3) is 0 Å². The smallest absolute Gasteiger partial charge is 0.305 e. The molecule has 0 aromatic heterocycles. The number of rotatable bonds is 51. The monoisotopic (exact) mass is 862 g/mol. The summed E-state index contributed by atoms with van der Waals surface area (Å²) in [6, 6.07) is -0.561. The Morgan fingerprint density at radius 1 is 0.443 bits per heavy atom. The van der Waals surface area contributed by atoms with Crippen molar-refractivity contribution in [3.05, 3.63) is 12.2 Å². The first kappa shape index (κ1) is 59.6. The summed E-state index contributed by atoms with van der Waals surface area (Å²) in [5.41, 5.74) is 0. The molecule has 362 valence electrons. The Labute approximate surface area is 380 Å². The third kappa shape index (κ3) is 47.9. The number of carbonyl (C=O) groups is 2. The quantitative estimate of drug-likeness (QED) is 0.0322. The van der Waals surface area contributed by atoms with E-state index in [1.807, 2.05) is 0 Å². The first-order chi connectivity index (χ1) is 30.0. The molecule has 0 saturated carbocycles. The van der Waals surface area contributed by atoms with E-state index < -0.39 is 12.1 Å². The summed E-state index contributed by atoms with van der Waals surface area (Å²) >= 11 is 0. The molecule has 0 aromatic rings. The second-order valence-electron chi connectivity index (χ2n) is 18.9. The summed E-state index contributed by atoms with van der Waals surface area (Å²) in [5.74, 6) is -0.0723. The third-order valence-corrected chi connectivity index (χ3v) is 12.8. The van der Waals surface area contributed by atoms with Crippen LogP contribution in [-0.2, 0) is 14.3 Å². The second-order valence-corrected chi connectivity index (χ2v) is 18.9. The lowest BCUT2D eigenvalue weighted by atomic mass is 10.0. The van der Waals surface area contributed by atoms with Crippen LogP contribution in [0.2, 0.25) is 0 Å². The van der Waals surface area contributed by atoms with Crippen LogP contribution < -0.4 is 5.32 Å². The van der Waals surface area contributed by atoms with Gasteiger partial charge in [-0.05, 0) is 51.4 Å². The van der Waals surface area contributed by atoms with Gasteiger partial charge in [-0.3, -0.25) is 9.59 Å². The summed E-state index contributed by atoms with van der Waals surface area (Å²) in [5, 5.41) is 23.2.